The van der Waals surface area contributed by atoms with E-state index in [0.717, 1.165) is 46.0 Å². The molecule has 1 N–H and O–H groups in total. The molecule has 0 atom stereocenters. The van der Waals surface area contributed by atoms with Crippen LogP contribution in [0.1, 0.15) is 23.7 Å². The normalized spacial score (nSPS) is 10.9. The first kappa shape index (κ1) is 23.2. The van der Waals surface area contributed by atoms with Crippen LogP contribution >= 0.6 is 0 Å². The minimum Gasteiger partial charge on any atom is -0.493 e. The number of ether oxygens (including phenoxy) is 4. The average molecular weight is 463 g/mol. The van der Waals surface area contributed by atoms with Crippen LogP contribution in [0.25, 0.3) is 16.9 Å². The van der Waals surface area contributed by atoms with Gasteiger partial charge in [-0.1, -0.05) is 13.0 Å². The van der Waals surface area contributed by atoms with Gasteiger partial charge in [0.25, 0.3) is 0 Å². The van der Waals surface area contributed by atoms with Crippen LogP contribution in [0.5, 0.6) is 23.0 Å². The molecule has 0 bridgehead atoms. The summed E-state index contributed by atoms with van der Waals surface area (Å²) in [6, 6.07) is 13.6. The predicted octanol–water partition coefficient (Wildman–Crippen LogP) is 4.91. The fourth-order valence-electron chi connectivity index (χ4n) is 4.07. The topological polar surface area (TPSA) is 79.1 Å². The van der Waals surface area contributed by atoms with Gasteiger partial charge in [0, 0.05) is 29.4 Å². The molecule has 0 unspecified atom stereocenters. The summed E-state index contributed by atoms with van der Waals surface area (Å²) in [5.74, 6) is 3.65. The number of anilines is 1. The number of aryl methyl sites for hydroxylation is 1. The van der Waals surface area contributed by atoms with E-state index in [4.69, 9.17) is 29.0 Å². The van der Waals surface area contributed by atoms with Gasteiger partial charge in [-0.3, -0.25) is 0 Å². The molecule has 178 valence electrons. The van der Waals surface area contributed by atoms with E-state index in [9.17, 15) is 0 Å². The molecular formula is C26H30N4O4. The summed E-state index contributed by atoms with van der Waals surface area (Å²) in [4.78, 5) is 4.80. The van der Waals surface area contributed by atoms with Gasteiger partial charge in [0.05, 0.1) is 34.1 Å². The highest BCUT2D eigenvalue weighted by molar-refractivity contribution is 5.69. The first-order chi connectivity index (χ1) is 16.5. The van der Waals surface area contributed by atoms with E-state index in [2.05, 4.69) is 12.2 Å². The second-order valence-electron chi connectivity index (χ2n) is 7.79. The third-order valence-corrected chi connectivity index (χ3v) is 5.85. The Bertz CT molecular complexity index is 1320. The third kappa shape index (κ3) is 4.31. The smallest absolute Gasteiger partial charge is 0.161 e. The van der Waals surface area contributed by atoms with Gasteiger partial charge in [-0.05, 0) is 49.2 Å². The molecule has 2 heterocycles. The number of nitrogens with zero attached hydrogens (tertiary/aromatic N) is 3. The van der Waals surface area contributed by atoms with Crippen LogP contribution in [-0.4, -0.2) is 43.0 Å². The van der Waals surface area contributed by atoms with Crippen LogP contribution in [0.2, 0.25) is 0 Å². The second kappa shape index (κ2) is 9.91. The van der Waals surface area contributed by atoms with E-state index >= 15 is 0 Å². The maximum atomic E-state index is 5.47. The van der Waals surface area contributed by atoms with Gasteiger partial charge in [0.1, 0.15) is 5.82 Å². The Morgan fingerprint density at radius 2 is 1.47 bits per heavy atom. The van der Waals surface area contributed by atoms with Gasteiger partial charge >= 0.3 is 0 Å². The zero-order valence-corrected chi connectivity index (χ0v) is 20.4. The quantitative estimate of drug-likeness (QED) is 0.378. The Balaban J connectivity index is 1.73. The van der Waals surface area contributed by atoms with E-state index in [1.54, 1.807) is 28.4 Å². The number of methoxy groups -OCH3 is 4. The number of nitrogens with one attached hydrogen (secondary N) is 1. The van der Waals surface area contributed by atoms with Crippen molar-refractivity contribution in [1.82, 2.24) is 14.6 Å². The van der Waals surface area contributed by atoms with Crippen LogP contribution in [0.3, 0.4) is 0 Å². The summed E-state index contributed by atoms with van der Waals surface area (Å²) in [5.41, 5.74) is 5.65. The molecule has 2 aromatic carbocycles. The van der Waals surface area contributed by atoms with Gasteiger partial charge in [-0.15, -0.1) is 0 Å². The van der Waals surface area contributed by atoms with Gasteiger partial charge in [0.15, 0.2) is 28.6 Å². The molecule has 4 rings (SSSR count). The van der Waals surface area contributed by atoms with Crippen molar-refractivity contribution < 1.29 is 18.9 Å². The minimum absolute atomic E-state index is 0.595. The number of hydrogen-bond donors (Lipinski definition) is 1. The fraction of sp³-hybridized carbons (Fsp3) is 0.308. The first-order valence-electron chi connectivity index (χ1n) is 11.1. The third-order valence-electron chi connectivity index (χ3n) is 5.85. The van der Waals surface area contributed by atoms with Crippen molar-refractivity contribution in [3.8, 4) is 34.3 Å². The molecular weight excluding hydrogens is 432 g/mol. The Morgan fingerprint density at radius 3 is 2.12 bits per heavy atom. The molecule has 8 heteroatoms. The minimum atomic E-state index is 0.595. The standard InChI is InChI=1S/C26H30N4O4/c1-7-19-16(2)28-25-14-20(18-9-11-22(32-4)24(13-18)34-6)29-30(25)26(19)27-15-17-8-10-21(31-3)23(12-17)33-5/h8-14,27H,7,15H2,1-6H3. The highest BCUT2D eigenvalue weighted by Crippen LogP contribution is 2.33. The summed E-state index contributed by atoms with van der Waals surface area (Å²) >= 11 is 0. The van der Waals surface area contributed by atoms with Gasteiger partial charge in [-0.2, -0.15) is 9.61 Å². The van der Waals surface area contributed by atoms with E-state index in [1.807, 2.05) is 53.9 Å². The molecule has 0 aliphatic heterocycles. The summed E-state index contributed by atoms with van der Waals surface area (Å²) in [5, 5.41) is 8.47. The van der Waals surface area contributed by atoms with Crippen LogP contribution in [0.15, 0.2) is 42.5 Å². The van der Waals surface area contributed by atoms with Gasteiger partial charge in [0.2, 0.25) is 0 Å². The van der Waals surface area contributed by atoms with Crippen molar-refractivity contribution in [3.05, 3.63) is 59.3 Å². The second-order valence-corrected chi connectivity index (χ2v) is 7.79. The number of aromatic nitrogens is 3. The lowest BCUT2D eigenvalue weighted by Gasteiger charge is -2.15. The van der Waals surface area contributed by atoms with Gasteiger partial charge < -0.3 is 24.3 Å². The van der Waals surface area contributed by atoms with E-state index in [-0.39, 0.29) is 0 Å². The van der Waals surface area contributed by atoms with E-state index in [1.165, 1.54) is 0 Å². The van der Waals surface area contributed by atoms with Crippen molar-refractivity contribution in [2.45, 2.75) is 26.8 Å². The molecule has 34 heavy (non-hydrogen) atoms. The van der Waals surface area contributed by atoms with Crippen LogP contribution in [0.4, 0.5) is 5.82 Å². The largest absolute Gasteiger partial charge is 0.493 e. The number of benzene rings is 2. The van der Waals surface area contributed by atoms with Gasteiger partial charge in [-0.25, -0.2) is 4.98 Å². The molecule has 2 aromatic heterocycles. The zero-order chi connectivity index (χ0) is 24.2. The number of fused-ring (bicyclic) bond motifs is 1. The molecule has 0 fully saturated rings. The molecule has 0 spiro atoms. The highest BCUT2D eigenvalue weighted by Gasteiger charge is 2.16. The molecule has 0 amide bonds. The van der Waals surface area contributed by atoms with Crippen LogP contribution < -0.4 is 24.3 Å². The molecule has 8 nitrogen and oxygen atoms in total. The molecule has 0 radical (unpaired) electrons. The molecule has 0 aliphatic rings. The zero-order valence-electron chi connectivity index (χ0n) is 20.4. The molecule has 0 saturated carbocycles. The molecule has 0 saturated heterocycles. The fourth-order valence-corrected chi connectivity index (χ4v) is 4.07. The van der Waals surface area contributed by atoms with Crippen molar-refractivity contribution in [3.63, 3.8) is 0 Å². The maximum absolute atomic E-state index is 5.47. The average Bonchev–Trinajstić information content (AvgIpc) is 3.29. The Hall–Kier alpha value is -3.94. The number of rotatable bonds is 9. The lowest BCUT2D eigenvalue weighted by atomic mass is 10.1. The lowest BCUT2D eigenvalue weighted by Crippen LogP contribution is -2.11. The summed E-state index contributed by atoms with van der Waals surface area (Å²) in [7, 11) is 6.52. The molecule has 0 aliphatic carbocycles. The SMILES string of the molecule is CCc1c(C)nc2cc(-c3ccc(OC)c(OC)c3)nn2c1NCc1ccc(OC)c(OC)c1. The summed E-state index contributed by atoms with van der Waals surface area (Å²) < 4.78 is 23.5. The molecule has 4 aromatic rings. The van der Waals surface area contributed by atoms with Crippen molar-refractivity contribution in [2.75, 3.05) is 33.8 Å². The van der Waals surface area contributed by atoms with Crippen LogP contribution in [-0.2, 0) is 13.0 Å². The Kier molecular flexibility index (Phi) is 6.77. The van der Waals surface area contributed by atoms with Crippen molar-refractivity contribution in [2.24, 2.45) is 0 Å². The van der Waals surface area contributed by atoms with E-state index in [0.29, 0.717) is 29.5 Å². The van der Waals surface area contributed by atoms with Crippen molar-refractivity contribution >= 4 is 11.5 Å². The number of hydrogen-bond acceptors (Lipinski definition) is 7. The maximum Gasteiger partial charge on any atom is 0.161 e. The Labute approximate surface area is 199 Å². The summed E-state index contributed by atoms with van der Waals surface area (Å²) in [6.45, 7) is 4.75. The highest BCUT2D eigenvalue weighted by atomic mass is 16.5. The van der Waals surface area contributed by atoms with Crippen molar-refractivity contribution in [1.29, 1.82) is 0 Å². The van der Waals surface area contributed by atoms with E-state index < -0.39 is 0 Å². The predicted molar refractivity (Wildman–Crippen MR) is 133 cm³/mol. The Morgan fingerprint density at radius 1 is 0.824 bits per heavy atom. The monoisotopic (exact) mass is 462 g/mol. The van der Waals surface area contributed by atoms with Crippen LogP contribution in [0, 0.1) is 6.92 Å². The first-order valence-corrected chi connectivity index (χ1v) is 11.1. The summed E-state index contributed by atoms with van der Waals surface area (Å²) in [6.07, 6.45) is 0.828. The lowest BCUT2D eigenvalue weighted by molar-refractivity contribution is 0.354.